The van der Waals surface area contributed by atoms with Crippen LogP contribution in [0.1, 0.15) is 0 Å². The molecule has 0 aliphatic heterocycles. The van der Waals surface area contributed by atoms with Crippen molar-refractivity contribution in [2.24, 2.45) is 0 Å². The summed E-state index contributed by atoms with van der Waals surface area (Å²) in [6.07, 6.45) is 0. The summed E-state index contributed by atoms with van der Waals surface area (Å²) in [6, 6.07) is 66.3. The van der Waals surface area contributed by atoms with Gasteiger partial charge in [-0.3, -0.25) is 0 Å². The van der Waals surface area contributed by atoms with E-state index >= 15 is 0 Å². The third kappa shape index (κ3) is 4.00. The van der Waals surface area contributed by atoms with Gasteiger partial charge in [0.15, 0.2) is 0 Å². The van der Waals surface area contributed by atoms with Crippen molar-refractivity contribution in [1.29, 1.82) is 0 Å². The number of benzene rings is 9. The minimum Gasteiger partial charge on any atom is -0.308 e. The van der Waals surface area contributed by atoms with Crippen LogP contribution in [0.3, 0.4) is 0 Å². The van der Waals surface area contributed by atoms with E-state index in [1.807, 2.05) is 0 Å². The maximum Gasteiger partial charge on any atom is 0.0782 e. The molecule has 0 amide bonds. The summed E-state index contributed by atoms with van der Waals surface area (Å²) >= 11 is 0. The normalized spacial score (nSPS) is 11.8. The Kier molecular flexibility index (Phi) is 5.91. The predicted molar refractivity (Wildman–Crippen MR) is 205 cm³/mol. The van der Waals surface area contributed by atoms with E-state index in [-0.39, 0.29) is 0 Å². The first-order chi connectivity index (χ1) is 23.8. The first-order valence-electron chi connectivity index (χ1n) is 16.5. The quantitative estimate of drug-likeness (QED) is 0.180. The van der Waals surface area contributed by atoms with Crippen molar-refractivity contribution >= 4 is 82.0 Å². The van der Waals surface area contributed by atoms with Gasteiger partial charge in [0.1, 0.15) is 0 Å². The van der Waals surface area contributed by atoms with Gasteiger partial charge in [0.05, 0.1) is 22.4 Å². The molecule has 0 radical (unpaired) electrons. The van der Waals surface area contributed by atoms with Crippen LogP contribution in [-0.2, 0) is 0 Å². The molecule has 2 nitrogen and oxygen atoms in total. The summed E-state index contributed by atoms with van der Waals surface area (Å²) in [6.45, 7) is 0. The second-order valence-electron chi connectivity index (χ2n) is 12.5. The molecule has 0 unspecified atom stereocenters. The summed E-state index contributed by atoms with van der Waals surface area (Å²) in [5.41, 5.74) is 6.92. The Hall–Kier alpha value is -6.38. The Balaban J connectivity index is 1.31. The van der Waals surface area contributed by atoms with E-state index in [0.29, 0.717) is 0 Å². The van der Waals surface area contributed by atoms with E-state index in [1.165, 1.54) is 70.6 Å². The van der Waals surface area contributed by atoms with Crippen LogP contribution < -0.4 is 4.90 Å². The molecule has 0 saturated carbocycles. The molecule has 0 aliphatic rings. The van der Waals surface area contributed by atoms with Crippen molar-refractivity contribution < 1.29 is 0 Å². The Morgan fingerprint density at radius 3 is 1.75 bits per heavy atom. The minimum atomic E-state index is 1.12. The monoisotopic (exact) mass is 610 g/mol. The molecule has 1 heterocycles. The molecule has 224 valence electrons. The molecule has 48 heavy (non-hydrogen) atoms. The van der Waals surface area contributed by atoms with Crippen LogP contribution in [0.15, 0.2) is 182 Å². The highest BCUT2D eigenvalue weighted by atomic mass is 15.2. The average Bonchev–Trinajstić information content (AvgIpc) is 3.50. The molecule has 1 aromatic heterocycles. The molecule has 10 aromatic rings. The van der Waals surface area contributed by atoms with Crippen LogP contribution in [-0.4, -0.2) is 4.57 Å². The average molecular weight is 611 g/mol. The summed E-state index contributed by atoms with van der Waals surface area (Å²) in [4.78, 5) is 2.43. The first-order valence-corrected chi connectivity index (χ1v) is 16.5. The molecule has 0 atom stereocenters. The molecule has 0 fully saturated rings. The fraction of sp³-hybridized carbons (Fsp3) is 0. The summed E-state index contributed by atoms with van der Waals surface area (Å²) in [5, 5.41) is 12.5. The molecule has 0 saturated heterocycles. The lowest BCUT2D eigenvalue weighted by molar-refractivity contribution is 1.18. The number of hydrogen-bond donors (Lipinski definition) is 0. The van der Waals surface area contributed by atoms with Gasteiger partial charge >= 0.3 is 0 Å². The highest BCUT2D eigenvalue weighted by molar-refractivity contribution is 6.19. The fourth-order valence-electron chi connectivity index (χ4n) is 7.78. The largest absolute Gasteiger partial charge is 0.308 e. The molecular weight excluding hydrogens is 581 g/mol. The number of rotatable bonds is 4. The standard InChI is InChI=1S/C46H30N2/c1-2-15-34(16-3-1)47(35-27-24-33-26-28-38-36-17-6-4-13-32(36)25-29-39(38)42(33)30-35)45-23-11-20-41-40-19-8-9-21-44(40)48(46(41)45)43-22-10-14-31-12-5-7-18-37(31)43/h1-30H. The lowest BCUT2D eigenvalue weighted by atomic mass is 9.96. The number of nitrogens with zero attached hydrogens (tertiary/aromatic N) is 2. The predicted octanol–water partition coefficient (Wildman–Crippen LogP) is 12.9. The maximum absolute atomic E-state index is 2.47. The molecule has 0 N–H and O–H groups in total. The zero-order valence-electron chi connectivity index (χ0n) is 26.2. The van der Waals surface area contributed by atoms with Crippen molar-refractivity contribution in [3.63, 3.8) is 0 Å². The van der Waals surface area contributed by atoms with Crippen LogP contribution in [0.25, 0.3) is 70.6 Å². The van der Waals surface area contributed by atoms with E-state index in [4.69, 9.17) is 0 Å². The highest BCUT2D eigenvalue weighted by Gasteiger charge is 2.22. The van der Waals surface area contributed by atoms with Crippen LogP contribution >= 0.6 is 0 Å². The van der Waals surface area contributed by atoms with Gasteiger partial charge in [-0.15, -0.1) is 0 Å². The summed E-state index contributed by atoms with van der Waals surface area (Å²) in [5.74, 6) is 0. The molecule has 0 bridgehead atoms. The first kappa shape index (κ1) is 26.8. The zero-order chi connectivity index (χ0) is 31.6. The van der Waals surface area contributed by atoms with Crippen molar-refractivity contribution in [2.75, 3.05) is 4.90 Å². The van der Waals surface area contributed by atoms with Crippen LogP contribution in [0.5, 0.6) is 0 Å². The number of para-hydroxylation sites is 3. The third-order valence-electron chi connectivity index (χ3n) is 9.92. The Bertz CT molecular complexity index is 2840. The maximum atomic E-state index is 2.47. The van der Waals surface area contributed by atoms with Crippen LogP contribution in [0.2, 0.25) is 0 Å². The molecule has 10 rings (SSSR count). The summed E-state index contributed by atoms with van der Waals surface area (Å²) < 4.78 is 2.47. The Morgan fingerprint density at radius 2 is 0.917 bits per heavy atom. The molecule has 2 heteroatoms. The van der Waals surface area contributed by atoms with Crippen molar-refractivity contribution in [2.45, 2.75) is 0 Å². The summed E-state index contributed by atoms with van der Waals surface area (Å²) in [7, 11) is 0. The van der Waals surface area contributed by atoms with Gasteiger partial charge < -0.3 is 9.47 Å². The Labute approximate surface area is 278 Å². The molecule has 9 aromatic carbocycles. The van der Waals surface area contributed by atoms with Gasteiger partial charge in [0, 0.05) is 27.5 Å². The molecule has 0 aliphatic carbocycles. The molecular formula is C46H30N2. The minimum absolute atomic E-state index is 1.12. The van der Waals surface area contributed by atoms with E-state index in [0.717, 1.165) is 17.1 Å². The SMILES string of the molecule is c1ccc(N(c2ccc3ccc4c5ccccc5ccc4c3c2)c2cccc3c4ccccc4n(-c4cccc5ccccc45)c23)cc1. The van der Waals surface area contributed by atoms with Crippen LogP contribution in [0.4, 0.5) is 17.1 Å². The highest BCUT2D eigenvalue weighted by Crippen LogP contribution is 2.45. The van der Waals surface area contributed by atoms with Gasteiger partial charge in [-0.05, 0) is 80.2 Å². The second kappa shape index (κ2) is 10.6. The third-order valence-corrected chi connectivity index (χ3v) is 9.92. The lowest BCUT2D eigenvalue weighted by Crippen LogP contribution is -2.11. The lowest BCUT2D eigenvalue weighted by Gasteiger charge is -2.27. The van der Waals surface area contributed by atoms with E-state index in [2.05, 4.69) is 191 Å². The second-order valence-corrected chi connectivity index (χ2v) is 12.5. The van der Waals surface area contributed by atoms with E-state index in [9.17, 15) is 0 Å². The van der Waals surface area contributed by atoms with Crippen LogP contribution in [0, 0.1) is 0 Å². The fourth-order valence-corrected chi connectivity index (χ4v) is 7.78. The van der Waals surface area contributed by atoms with Gasteiger partial charge in [-0.1, -0.05) is 140 Å². The van der Waals surface area contributed by atoms with Crippen molar-refractivity contribution in [3.8, 4) is 5.69 Å². The zero-order valence-corrected chi connectivity index (χ0v) is 26.2. The van der Waals surface area contributed by atoms with Gasteiger partial charge in [-0.25, -0.2) is 0 Å². The van der Waals surface area contributed by atoms with E-state index in [1.54, 1.807) is 0 Å². The number of anilines is 3. The smallest absolute Gasteiger partial charge is 0.0782 e. The van der Waals surface area contributed by atoms with Crippen molar-refractivity contribution in [3.05, 3.63) is 182 Å². The topological polar surface area (TPSA) is 8.17 Å². The van der Waals surface area contributed by atoms with Gasteiger partial charge in [-0.2, -0.15) is 0 Å². The number of aromatic nitrogens is 1. The molecule has 0 spiro atoms. The number of hydrogen-bond acceptors (Lipinski definition) is 1. The Morgan fingerprint density at radius 1 is 0.333 bits per heavy atom. The van der Waals surface area contributed by atoms with Gasteiger partial charge in [0.2, 0.25) is 0 Å². The van der Waals surface area contributed by atoms with E-state index < -0.39 is 0 Å². The van der Waals surface area contributed by atoms with Gasteiger partial charge in [0.25, 0.3) is 0 Å². The van der Waals surface area contributed by atoms with Crippen molar-refractivity contribution in [1.82, 2.24) is 4.57 Å². The number of fused-ring (bicyclic) bond motifs is 9.